The summed E-state index contributed by atoms with van der Waals surface area (Å²) in [5, 5.41) is 6.52. The van der Waals surface area contributed by atoms with Crippen molar-refractivity contribution in [2.45, 2.75) is 26.7 Å². The molecule has 1 aromatic carbocycles. The number of anilines is 3. The minimum absolute atomic E-state index is 0.633. The Balaban J connectivity index is 2.19. The molecule has 6 heteroatoms. The number of nitrogens with one attached hydrogen (secondary N) is 2. The summed E-state index contributed by atoms with van der Waals surface area (Å²) in [6, 6.07) is 7.50. The zero-order valence-corrected chi connectivity index (χ0v) is 14.1. The highest BCUT2D eigenvalue weighted by Crippen LogP contribution is 2.31. The van der Waals surface area contributed by atoms with Crippen LogP contribution in [0.2, 0.25) is 0 Å². The molecular formula is C17H24N4O2. The van der Waals surface area contributed by atoms with Crippen LogP contribution in [-0.2, 0) is 0 Å². The second-order valence-electron chi connectivity index (χ2n) is 5.19. The first-order valence-corrected chi connectivity index (χ1v) is 7.75. The summed E-state index contributed by atoms with van der Waals surface area (Å²) in [5.74, 6) is 2.79. The van der Waals surface area contributed by atoms with Gasteiger partial charge in [-0.3, -0.25) is 0 Å². The average Bonchev–Trinajstić information content (AvgIpc) is 2.55. The van der Waals surface area contributed by atoms with E-state index in [-0.39, 0.29) is 0 Å². The number of methoxy groups -OCH3 is 2. The number of ether oxygens (including phenoxy) is 2. The first-order valence-electron chi connectivity index (χ1n) is 7.75. The number of rotatable bonds is 8. The molecule has 2 rings (SSSR count). The molecule has 0 atom stereocenters. The van der Waals surface area contributed by atoms with Crippen molar-refractivity contribution in [3.8, 4) is 11.5 Å². The number of aromatic nitrogens is 2. The monoisotopic (exact) mass is 316 g/mol. The van der Waals surface area contributed by atoms with Gasteiger partial charge in [-0.25, -0.2) is 4.98 Å². The summed E-state index contributed by atoms with van der Waals surface area (Å²) in [6.45, 7) is 4.97. The maximum atomic E-state index is 5.40. The summed E-state index contributed by atoms with van der Waals surface area (Å²) in [4.78, 5) is 8.90. The number of hydrogen-bond acceptors (Lipinski definition) is 6. The minimum atomic E-state index is 0.633. The maximum Gasteiger partial charge on any atom is 0.224 e. The van der Waals surface area contributed by atoms with Gasteiger partial charge in [0.1, 0.15) is 17.3 Å². The predicted octanol–water partition coefficient (Wildman–Crippen LogP) is 3.76. The van der Waals surface area contributed by atoms with Crippen LogP contribution in [0.4, 0.5) is 17.5 Å². The molecule has 0 amide bonds. The molecule has 0 aliphatic rings. The van der Waals surface area contributed by atoms with Gasteiger partial charge in [-0.15, -0.1) is 0 Å². The summed E-state index contributed by atoms with van der Waals surface area (Å²) in [6.07, 6.45) is 2.22. The summed E-state index contributed by atoms with van der Waals surface area (Å²) >= 11 is 0. The van der Waals surface area contributed by atoms with Crippen molar-refractivity contribution in [2.24, 2.45) is 0 Å². The standard InChI is InChI=1S/C17H24N4O2/c1-5-6-9-18-17-19-12(2)10-16(21-17)20-14-8-7-13(22-3)11-15(14)23-4/h7-8,10-11H,5-6,9H2,1-4H3,(H2,18,19,20,21). The first-order chi connectivity index (χ1) is 11.2. The largest absolute Gasteiger partial charge is 0.497 e. The molecule has 2 aromatic rings. The van der Waals surface area contributed by atoms with Gasteiger partial charge in [-0.1, -0.05) is 13.3 Å². The SMILES string of the molecule is CCCCNc1nc(C)cc(Nc2ccc(OC)cc2OC)n1. The number of hydrogen-bond donors (Lipinski definition) is 2. The molecule has 0 unspecified atom stereocenters. The lowest BCUT2D eigenvalue weighted by Gasteiger charge is -2.13. The molecule has 0 saturated heterocycles. The molecular weight excluding hydrogens is 292 g/mol. The second-order valence-corrected chi connectivity index (χ2v) is 5.19. The topological polar surface area (TPSA) is 68.3 Å². The van der Waals surface area contributed by atoms with Crippen LogP contribution in [0.5, 0.6) is 11.5 Å². The van der Waals surface area contributed by atoms with E-state index in [9.17, 15) is 0 Å². The van der Waals surface area contributed by atoms with Gasteiger partial charge in [0.2, 0.25) is 5.95 Å². The fourth-order valence-corrected chi connectivity index (χ4v) is 2.13. The smallest absolute Gasteiger partial charge is 0.224 e. The Morgan fingerprint density at radius 2 is 1.91 bits per heavy atom. The third-order valence-electron chi connectivity index (χ3n) is 3.34. The molecule has 0 spiro atoms. The summed E-state index contributed by atoms with van der Waals surface area (Å²) in [7, 11) is 3.26. The molecule has 0 saturated carbocycles. The lowest BCUT2D eigenvalue weighted by atomic mass is 10.2. The van der Waals surface area contributed by atoms with E-state index in [0.717, 1.165) is 42.3 Å². The van der Waals surface area contributed by atoms with Crippen LogP contribution in [-0.4, -0.2) is 30.7 Å². The Kier molecular flexibility index (Phi) is 6.02. The minimum Gasteiger partial charge on any atom is -0.497 e. The van der Waals surface area contributed by atoms with E-state index in [0.29, 0.717) is 11.7 Å². The molecule has 6 nitrogen and oxygen atoms in total. The number of benzene rings is 1. The highest BCUT2D eigenvalue weighted by molar-refractivity contribution is 5.66. The van der Waals surface area contributed by atoms with Crippen LogP contribution in [0.25, 0.3) is 0 Å². The summed E-state index contributed by atoms with van der Waals surface area (Å²) in [5.41, 5.74) is 1.72. The van der Waals surface area contributed by atoms with Gasteiger partial charge in [0.15, 0.2) is 0 Å². The lowest BCUT2D eigenvalue weighted by Crippen LogP contribution is -2.07. The van der Waals surface area contributed by atoms with Gasteiger partial charge >= 0.3 is 0 Å². The fraction of sp³-hybridized carbons (Fsp3) is 0.412. The van der Waals surface area contributed by atoms with Gasteiger partial charge in [-0.05, 0) is 25.5 Å². The van der Waals surface area contributed by atoms with Gasteiger partial charge in [-0.2, -0.15) is 4.98 Å². The van der Waals surface area contributed by atoms with E-state index in [1.165, 1.54) is 0 Å². The van der Waals surface area contributed by atoms with E-state index < -0.39 is 0 Å². The molecule has 1 heterocycles. The van der Waals surface area contributed by atoms with Crippen molar-refractivity contribution in [3.63, 3.8) is 0 Å². The Morgan fingerprint density at radius 3 is 2.61 bits per heavy atom. The van der Waals surface area contributed by atoms with Crippen LogP contribution in [0, 0.1) is 6.92 Å². The molecule has 0 radical (unpaired) electrons. The quantitative estimate of drug-likeness (QED) is 0.723. The van der Waals surface area contributed by atoms with E-state index in [1.54, 1.807) is 14.2 Å². The van der Waals surface area contributed by atoms with Crippen molar-refractivity contribution in [1.29, 1.82) is 0 Å². The molecule has 124 valence electrons. The third kappa shape index (κ3) is 4.74. The number of nitrogens with zero attached hydrogens (tertiary/aromatic N) is 2. The Morgan fingerprint density at radius 1 is 1.09 bits per heavy atom. The van der Waals surface area contributed by atoms with Crippen molar-refractivity contribution in [3.05, 3.63) is 30.0 Å². The zero-order valence-electron chi connectivity index (χ0n) is 14.1. The molecule has 0 aliphatic heterocycles. The average molecular weight is 316 g/mol. The van der Waals surface area contributed by atoms with Crippen molar-refractivity contribution >= 4 is 17.5 Å². The van der Waals surface area contributed by atoms with Crippen molar-refractivity contribution < 1.29 is 9.47 Å². The molecule has 0 bridgehead atoms. The predicted molar refractivity (Wildman–Crippen MR) is 93.0 cm³/mol. The van der Waals surface area contributed by atoms with Crippen molar-refractivity contribution in [2.75, 3.05) is 31.4 Å². The van der Waals surface area contributed by atoms with Crippen molar-refractivity contribution in [1.82, 2.24) is 9.97 Å². The normalized spacial score (nSPS) is 10.3. The zero-order chi connectivity index (χ0) is 16.7. The number of aryl methyl sites for hydroxylation is 1. The molecule has 1 aromatic heterocycles. The maximum absolute atomic E-state index is 5.40. The highest BCUT2D eigenvalue weighted by atomic mass is 16.5. The lowest BCUT2D eigenvalue weighted by molar-refractivity contribution is 0.395. The van der Waals surface area contributed by atoms with Crippen LogP contribution in [0.3, 0.4) is 0 Å². The van der Waals surface area contributed by atoms with Gasteiger partial charge in [0.05, 0.1) is 19.9 Å². The van der Waals surface area contributed by atoms with Crippen LogP contribution in [0.1, 0.15) is 25.5 Å². The molecule has 0 aliphatic carbocycles. The molecule has 0 fully saturated rings. The first kappa shape index (κ1) is 16.9. The highest BCUT2D eigenvalue weighted by Gasteiger charge is 2.08. The van der Waals surface area contributed by atoms with E-state index in [2.05, 4.69) is 27.5 Å². The Hall–Kier alpha value is -2.50. The van der Waals surface area contributed by atoms with Crippen LogP contribution < -0.4 is 20.1 Å². The Labute approximate surface area is 137 Å². The van der Waals surface area contributed by atoms with Crippen LogP contribution >= 0.6 is 0 Å². The summed E-state index contributed by atoms with van der Waals surface area (Å²) < 4.78 is 10.6. The molecule has 23 heavy (non-hydrogen) atoms. The molecule has 2 N–H and O–H groups in total. The van der Waals surface area contributed by atoms with Gasteiger partial charge in [0.25, 0.3) is 0 Å². The fourth-order valence-electron chi connectivity index (χ4n) is 2.13. The van der Waals surface area contributed by atoms with E-state index in [4.69, 9.17) is 9.47 Å². The van der Waals surface area contributed by atoms with Gasteiger partial charge < -0.3 is 20.1 Å². The van der Waals surface area contributed by atoms with E-state index >= 15 is 0 Å². The Bertz CT molecular complexity index is 646. The van der Waals surface area contributed by atoms with Crippen LogP contribution in [0.15, 0.2) is 24.3 Å². The third-order valence-corrected chi connectivity index (χ3v) is 3.34. The van der Waals surface area contributed by atoms with Gasteiger partial charge in [0, 0.05) is 24.4 Å². The second kappa shape index (κ2) is 8.22. The van der Waals surface area contributed by atoms with E-state index in [1.807, 2.05) is 31.2 Å². The number of unbranched alkanes of at least 4 members (excludes halogenated alkanes) is 1.